The van der Waals surface area contributed by atoms with E-state index >= 15 is 0 Å². The zero-order valence-electron chi connectivity index (χ0n) is 14.2. The highest BCUT2D eigenvalue weighted by atomic mass is 35.5. The Morgan fingerprint density at radius 2 is 1.96 bits per heavy atom. The third kappa shape index (κ3) is 5.70. The molecule has 25 heavy (non-hydrogen) atoms. The van der Waals surface area contributed by atoms with Gasteiger partial charge in [0.05, 0.1) is 13.2 Å². The predicted molar refractivity (Wildman–Crippen MR) is 97.8 cm³/mol. The Kier molecular flexibility index (Phi) is 6.68. The molecule has 0 unspecified atom stereocenters. The van der Waals surface area contributed by atoms with Gasteiger partial charge < -0.3 is 9.47 Å². The third-order valence-electron chi connectivity index (χ3n) is 4.33. The lowest BCUT2D eigenvalue weighted by Gasteiger charge is -2.26. The number of benzene rings is 2. The van der Waals surface area contributed by atoms with E-state index in [9.17, 15) is 4.39 Å². The van der Waals surface area contributed by atoms with Gasteiger partial charge in [-0.2, -0.15) is 0 Å². The van der Waals surface area contributed by atoms with Crippen molar-refractivity contribution in [2.75, 3.05) is 32.8 Å². The van der Waals surface area contributed by atoms with E-state index in [1.807, 2.05) is 24.3 Å². The van der Waals surface area contributed by atoms with Crippen LogP contribution in [0.15, 0.2) is 42.5 Å². The molecule has 1 heterocycles. The molecule has 3 nitrogen and oxygen atoms in total. The normalized spacial score (nSPS) is 15.3. The number of ether oxygens (including phenoxy) is 2. The van der Waals surface area contributed by atoms with Crippen molar-refractivity contribution in [1.82, 2.24) is 4.90 Å². The van der Waals surface area contributed by atoms with Gasteiger partial charge in [-0.25, -0.2) is 4.39 Å². The molecule has 0 bridgehead atoms. The second-order valence-electron chi connectivity index (χ2n) is 6.23. The molecule has 0 aliphatic carbocycles. The Morgan fingerprint density at radius 3 is 2.76 bits per heavy atom. The minimum Gasteiger partial charge on any atom is -0.489 e. The predicted octanol–water partition coefficient (Wildman–Crippen LogP) is 4.32. The molecule has 5 heteroatoms. The number of hydrogen-bond donors (Lipinski definition) is 0. The number of morpholine rings is 1. The summed E-state index contributed by atoms with van der Waals surface area (Å²) in [7, 11) is 0. The van der Waals surface area contributed by atoms with Crippen molar-refractivity contribution in [3.8, 4) is 5.75 Å². The molecular formula is C20H23ClFNO2. The van der Waals surface area contributed by atoms with E-state index in [4.69, 9.17) is 21.1 Å². The van der Waals surface area contributed by atoms with E-state index in [1.54, 1.807) is 6.07 Å². The van der Waals surface area contributed by atoms with Gasteiger partial charge in [0.25, 0.3) is 0 Å². The Labute approximate surface area is 153 Å². The van der Waals surface area contributed by atoms with Crippen LogP contribution in [0.25, 0.3) is 0 Å². The second kappa shape index (κ2) is 9.18. The minimum absolute atomic E-state index is 0.247. The summed E-state index contributed by atoms with van der Waals surface area (Å²) < 4.78 is 24.6. The molecule has 0 amide bonds. The smallest absolute Gasteiger partial charge is 0.123 e. The molecule has 2 aromatic rings. The van der Waals surface area contributed by atoms with E-state index in [0.29, 0.717) is 11.6 Å². The van der Waals surface area contributed by atoms with Gasteiger partial charge in [0.15, 0.2) is 0 Å². The molecule has 1 saturated heterocycles. The Morgan fingerprint density at radius 1 is 1.12 bits per heavy atom. The minimum atomic E-state index is -0.247. The first kappa shape index (κ1) is 18.2. The molecule has 0 radical (unpaired) electrons. The summed E-state index contributed by atoms with van der Waals surface area (Å²) in [5.74, 6) is 0.568. The van der Waals surface area contributed by atoms with Crippen molar-refractivity contribution in [1.29, 1.82) is 0 Å². The van der Waals surface area contributed by atoms with Gasteiger partial charge in [-0.15, -0.1) is 0 Å². The summed E-state index contributed by atoms with van der Waals surface area (Å²) in [6.07, 6.45) is 1.94. The van der Waals surface area contributed by atoms with Crippen molar-refractivity contribution in [2.45, 2.75) is 19.4 Å². The van der Waals surface area contributed by atoms with Crippen LogP contribution >= 0.6 is 11.6 Å². The topological polar surface area (TPSA) is 21.7 Å². The lowest BCUT2D eigenvalue weighted by molar-refractivity contribution is 0.0374. The average molecular weight is 364 g/mol. The van der Waals surface area contributed by atoms with Crippen LogP contribution in [0, 0.1) is 5.82 Å². The van der Waals surface area contributed by atoms with Crippen molar-refractivity contribution >= 4 is 11.6 Å². The number of aryl methyl sites for hydroxylation is 1. The van der Waals surface area contributed by atoms with E-state index in [1.165, 1.54) is 12.1 Å². The zero-order chi connectivity index (χ0) is 17.5. The summed E-state index contributed by atoms with van der Waals surface area (Å²) in [5, 5.41) is 0.708. The highest BCUT2D eigenvalue weighted by Crippen LogP contribution is 2.25. The lowest BCUT2D eigenvalue weighted by atomic mass is 10.1. The van der Waals surface area contributed by atoms with Crippen LogP contribution < -0.4 is 4.74 Å². The summed E-state index contributed by atoms with van der Waals surface area (Å²) in [5.41, 5.74) is 1.91. The summed E-state index contributed by atoms with van der Waals surface area (Å²) in [4.78, 5) is 2.42. The molecule has 0 atom stereocenters. The first-order valence-corrected chi connectivity index (χ1v) is 9.04. The van der Waals surface area contributed by atoms with E-state index in [-0.39, 0.29) is 5.82 Å². The molecule has 0 N–H and O–H groups in total. The number of halogens is 2. The number of hydrogen-bond acceptors (Lipinski definition) is 3. The Bertz CT molecular complexity index is 689. The van der Waals surface area contributed by atoms with Crippen LogP contribution in [-0.2, 0) is 17.8 Å². The first-order chi connectivity index (χ1) is 12.2. The maximum atomic E-state index is 13.3. The molecule has 134 valence electrons. The van der Waals surface area contributed by atoms with Gasteiger partial charge >= 0.3 is 0 Å². The lowest BCUT2D eigenvalue weighted by Crippen LogP contribution is -2.36. The fourth-order valence-electron chi connectivity index (χ4n) is 2.99. The van der Waals surface area contributed by atoms with Gasteiger partial charge in [0, 0.05) is 18.1 Å². The maximum absolute atomic E-state index is 13.3. The standard InChI is InChI=1S/C20H23ClFNO2/c21-18-6-7-20(25-15-16-3-1-5-19(22)13-16)17(14-18)4-2-8-23-9-11-24-12-10-23/h1,3,5-7,13-14H,2,4,8-12,15H2. The van der Waals surface area contributed by atoms with Crippen LogP contribution in [0.1, 0.15) is 17.5 Å². The van der Waals surface area contributed by atoms with Gasteiger partial charge in [0.2, 0.25) is 0 Å². The van der Waals surface area contributed by atoms with E-state index < -0.39 is 0 Å². The molecule has 1 aliphatic rings. The highest BCUT2D eigenvalue weighted by Gasteiger charge is 2.11. The number of rotatable bonds is 7. The fourth-order valence-corrected chi connectivity index (χ4v) is 3.18. The monoisotopic (exact) mass is 363 g/mol. The molecule has 0 spiro atoms. The molecule has 3 rings (SSSR count). The SMILES string of the molecule is Fc1cccc(COc2ccc(Cl)cc2CCCN2CCOCC2)c1. The van der Waals surface area contributed by atoms with Crippen molar-refractivity contribution < 1.29 is 13.9 Å². The van der Waals surface area contributed by atoms with Crippen LogP contribution in [0.2, 0.25) is 5.02 Å². The quantitative estimate of drug-likeness (QED) is 0.731. The highest BCUT2D eigenvalue weighted by molar-refractivity contribution is 6.30. The second-order valence-corrected chi connectivity index (χ2v) is 6.66. The van der Waals surface area contributed by atoms with E-state index in [2.05, 4.69) is 4.90 Å². The van der Waals surface area contributed by atoms with Crippen molar-refractivity contribution in [3.63, 3.8) is 0 Å². The van der Waals surface area contributed by atoms with Crippen LogP contribution in [-0.4, -0.2) is 37.7 Å². The average Bonchev–Trinajstić information content (AvgIpc) is 2.62. The molecular weight excluding hydrogens is 341 g/mol. The van der Waals surface area contributed by atoms with Crippen molar-refractivity contribution in [3.05, 3.63) is 64.4 Å². The van der Waals surface area contributed by atoms with Crippen molar-refractivity contribution in [2.24, 2.45) is 0 Å². The molecule has 0 saturated carbocycles. The van der Waals surface area contributed by atoms with E-state index in [0.717, 1.165) is 62.6 Å². The first-order valence-electron chi connectivity index (χ1n) is 8.66. The van der Waals surface area contributed by atoms with Crippen LogP contribution in [0.4, 0.5) is 4.39 Å². The Balaban J connectivity index is 1.57. The Hall–Kier alpha value is -1.62. The molecule has 1 aliphatic heterocycles. The molecule has 1 fully saturated rings. The maximum Gasteiger partial charge on any atom is 0.123 e. The van der Waals surface area contributed by atoms with Crippen LogP contribution in [0.3, 0.4) is 0 Å². The van der Waals surface area contributed by atoms with Gasteiger partial charge in [-0.05, 0) is 60.8 Å². The van der Waals surface area contributed by atoms with Crippen LogP contribution in [0.5, 0.6) is 5.75 Å². The summed E-state index contributed by atoms with van der Waals surface area (Å²) in [6.45, 7) is 5.02. The number of nitrogens with zero attached hydrogens (tertiary/aromatic N) is 1. The van der Waals surface area contributed by atoms with Gasteiger partial charge in [-0.3, -0.25) is 4.90 Å². The molecule has 0 aromatic heterocycles. The molecule has 2 aromatic carbocycles. The van der Waals surface area contributed by atoms with Gasteiger partial charge in [-0.1, -0.05) is 23.7 Å². The third-order valence-corrected chi connectivity index (χ3v) is 4.57. The van der Waals surface area contributed by atoms with Gasteiger partial charge in [0.1, 0.15) is 18.2 Å². The summed E-state index contributed by atoms with van der Waals surface area (Å²) in [6, 6.07) is 12.2. The zero-order valence-corrected chi connectivity index (χ0v) is 15.0. The summed E-state index contributed by atoms with van der Waals surface area (Å²) >= 11 is 6.15. The largest absolute Gasteiger partial charge is 0.489 e. The fraction of sp³-hybridized carbons (Fsp3) is 0.400.